The Morgan fingerprint density at radius 3 is 2.17 bits per heavy atom. The third-order valence-electron chi connectivity index (χ3n) is 3.98. The van der Waals surface area contributed by atoms with Gasteiger partial charge in [-0.3, -0.25) is 9.59 Å². The molecule has 0 spiro atoms. The fourth-order valence-electron chi connectivity index (χ4n) is 2.68. The van der Waals surface area contributed by atoms with Crippen LogP contribution in [0, 0.1) is 0 Å². The third kappa shape index (κ3) is 6.70. The summed E-state index contributed by atoms with van der Waals surface area (Å²) in [6.45, 7) is 1.79. The molecule has 0 unspecified atom stereocenters. The predicted molar refractivity (Wildman–Crippen MR) is 116 cm³/mol. The van der Waals surface area contributed by atoms with Crippen LogP contribution in [0.15, 0.2) is 78.9 Å². The van der Waals surface area contributed by atoms with E-state index in [0.717, 1.165) is 22.8 Å². The lowest BCUT2D eigenvalue weighted by atomic mass is 10.2. The number of rotatable bonds is 8. The highest BCUT2D eigenvalue weighted by Crippen LogP contribution is 2.21. The second-order valence-electron chi connectivity index (χ2n) is 6.42. The van der Waals surface area contributed by atoms with E-state index in [-0.39, 0.29) is 18.2 Å². The molecule has 148 valence electrons. The molecule has 0 aromatic heterocycles. The van der Waals surface area contributed by atoms with Crippen LogP contribution < -0.4 is 20.7 Å². The van der Waals surface area contributed by atoms with Crippen LogP contribution in [-0.2, 0) is 9.59 Å². The lowest BCUT2D eigenvalue weighted by Crippen LogP contribution is -2.15. The minimum absolute atomic E-state index is 0.107. The van der Waals surface area contributed by atoms with Crippen LogP contribution in [-0.4, -0.2) is 18.4 Å². The van der Waals surface area contributed by atoms with Gasteiger partial charge in [-0.1, -0.05) is 24.3 Å². The Hall–Kier alpha value is -3.80. The van der Waals surface area contributed by atoms with Crippen molar-refractivity contribution < 1.29 is 14.3 Å². The molecule has 29 heavy (non-hydrogen) atoms. The first kappa shape index (κ1) is 19.9. The molecule has 0 radical (unpaired) electrons. The second-order valence-corrected chi connectivity index (χ2v) is 6.42. The molecule has 0 saturated heterocycles. The van der Waals surface area contributed by atoms with Crippen molar-refractivity contribution in [2.75, 3.05) is 22.6 Å². The van der Waals surface area contributed by atoms with Crippen LogP contribution in [0.25, 0.3) is 0 Å². The first-order valence-electron chi connectivity index (χ1n) is 9.31. The van der Waals surface area contributed by atoms with Gasteiger partial charge in [-0.15, -0.1) is 0 Å². The number of hydrogen-bond donors (Lipinski definition) is 3. The number of anilines is 4. The van der Waals surface area contributed by atoms with Gasteiger partial charge >= 0.3 is 0 Å². The maximum Gasteiger partial charge on any atom is 0.227 e. The van der Waals surface area contributed by atoms with Crippen molar-refractivity contribution in [3.05, 3.63) is 78.9 Å². The van der Waals surface area contributed by atoms with E-state index < -0.39 is 0 Å². The van der Waals surface area contributed by atoms with E-state index in [4.69, 9.17) is 4.74 Å². The fourth-order valence-corrected chi connectivity index (χ4v) is 2.68. The van der Waals surface area contributed by atoms with Crippen molar-refractivity contribution in [3.8, 4) is 5.75 Å². The summed E-state index contributed by atoms with van der Waals surface area (Å²) < 4.78 is 5.54. The number of carbonyl (C=O) groups excluding carboxylic acids is 2. The molecule has 0 saturated carbocycles. The average Bonchev–Trinajstić information content (AvgIpc) is 2.70. The molecule has 0 aliphatic carbocycles. The topological polar surface area (TPSA) is 79.5 Å². The summed E-state index contributed by atoms with van der Waals surface area (Å²) >= 11 is 0. The van der Waals surface area contributed by atoms with Gasteiger partial charge in [0.15, 0.2) is 0 Å². The van der Waals surface area contributed by atoms with Crippen molar-refractivity contribution in [2.24, 2.45) is 0 Å². The van der Waals surface area contributed by atoms with Gasteiger partial charge in [-0.25, -0.2) is 0 Å². The van der Waals surface area contributed by atoms with Crippen LogP contribution in [0.5, 0.6) is 5.75 Å². The molecule has 3 aromatic carbocycles. The van der Waals surface area contributed by atoms with E-state index >= 15 is 0 Å². The molecule has 6 nitrogen and oxygen atoms in total. The molecular weight excluding hydrogens is 366 g/mol. The number of hydrogen-bond acceptors (Lipinski definition) is 4. The van der Waals surface area contributed by atoms with E-state index in [2.05, 4.69) is 16.0 Å². The molecule has 0 aliphatic heterocycles. The minimum atomic E-state index is -0.114. The highest BCUT2D eigenvalue weighted by Gasteiger charge is 2.04. The van der Waals surface area contributed by atoms with Gasteiger partial charge in [0.05, 0.1) is 13.0 Å². The van der Waals surface area contributed by atoms with Crippen LogP contribution in [0.4, 0.5) is 22.7 Å². The van der Waals surface area contributed by atoms with Gasteiger partial charge in [-0.2, -0.15) is 0 Å². The zero-order chi connectivity index (χ0) is 20.5. The van der Waals surface area contributed by atoms with Crippen molar-refractivity contribution in [3.63, 3.8) is 0 Å². The quantitative estimate of drug-likeness (QED) is 0.517. The summed E-state index contributed by atoms with van der Waals surface area (Å²) in [6.07, 6.45) is 0.269. The number of ether oxygens (including phenoxy) is 1. The van der Waals surface area contributed by atoms with Crippen molar-refractivity contribution in [1.82, 2.24) is 0 Å². The van der Waals surface area contributed by atoms with Gasteiger partial charge in [0.1, 0.15) is 5.75 Å². The summed E-state index contributed by atoms with van der Waals surface area (Å²) in [5.74, 6) is 0.527. The van der Waals surface area contributed by atoms with Crippen LogP contribution in [0.1, 0.15) is 13.3 Å². The Bertz CT molecular complexity index is 957. The molecule has 3 aromatic rings. The predicted octanol–water partition coefficient (Wildman–Crippen LogP) is 4.80. The van der Waals surface area contributed by atoms with Crippen LogP contribution >= 0.6 is 0 Å². The Kier molecular flexibility index (Phi) is 6.84. The van der Waals surface area contributed by atoms with E-state index in [1.165, 1.54) is 6.92 Å². The SMILES string of the molecule is CC(=O)Nc1cccc(Nc2ccc(NC(=O)CCOc3ccccc3)cc2)c1. The fraction of sp³-hybridized carbons (Fsp3) is 0.130. The Morgan fingerprint density at radius 1 is 0.759 bits per heavy atom. The first-order valence-corrected chi connectivity index (χ1v) is 9.31. The maximum absolute atomic E-state index is 12.1. The molecule has 6 heteroatoms. The summed E-state index contributed by atoms with van der Waals surface area (Å²) in [5, 5.41) is 8.87. The van der Waals surface area contributed by atoms with Crippen LogP contribution in [0.3, 0.4) is 0 Å². The standard InChI is InChI=1S/C23H23N3O3/c1-17(27)24-20-6-5-7-21(16-20)25-18-10-12-19(13-11-18)26-23(28)14-15-29-22-8-3-2-4-9-22/h2-13,16,25H,14-15H2,1H3,(H,24,27)(H,26,28). The summed E-state index contributed by atoms with van der Waals surface area (Å²) in [5.41, 5.74) is 3.16. The molecule has 3 rings (SSSR count). The summed E-state index contributed by atoms with van der Waals surface area (Å²) in [6, 6.07) is 24.3. The molecule has 3 N–H and O–H groups in total. The molecule has 0 heterocycles. The zero-order valence-corrected chi connectivity index (χ0v) is 16.1. The minimum Gasteiger partial charge on any atom is -0.493 e. The summed E-state index contributed by atoms with van der Waals surface area (Å²) in [7, 11) is 0. The number of benzene rings is 3. The van der Waals surface area contributed by atoms with Gasteiger partial charge in [-0.05, 0) is 54.6 Å². The number of para-hydroxylation sites is 1. The maximum atomic E-state index is 12.1. The van der Waals surface area contributed by atoms with Crippen molar-refractivity contribution >= 4 is 34.6 Å². The second kappa shape index (κ2) is 9.94. The molecule has 2 amide bonds. The van der Waals surface area contributed by atoms with Gasteiger partial charge < -0.3 is 20.7 Å². The molecule has 0 atom stereocenters. The normalized spacial score (nSPS) is 10.1. The lowest BCUT2D eigenvalue weighted by molar-refractivity contribution is -0.116. The lowest BCUT2D eigenvalue weighted by Gasteiger charge is -2.10. The number of amides is 2. The Morgan fingerprint density at radius 2 is 1.45 bits per heavy atom. The Balaban J connectivity index is 1.48. The number of carbonyl (C=O) groups is 2. The van der Waals surface area contributed by atoms with E-state index in [9.17, 15) is 9.59 Å². The smallest absolute Gasteiger partial charge is 0.227 e. The van der Waals surface area contributed by atoms with Gasteiger partial charge in [0.25, 0.3) is 0 Å². The molecular formula is C23H23N3O3. The van der Waals surface area contributed by atoms with E-state index in [1.54, 1.807) is 0 Å². The molecule has 0 bridgehead atoms. The third-order valence-corrected chi connectivity index (χ3v) is 3.98. The van der Waals surface area contributed by atoms with Gasteiger partial charge in [0.2, 0.25) is 11.8 Å². The molecule has 0 aliphatic rings. The first-order chi connectivity index (χ1) is 14.1. The zero-order valence-electron chi connectivity index (χ0n) is 16.1. The number of nitrogens with one attached hydrogen (secondary N) is 3. The monoisotopic (exact) mass is 389 g/mol. The average molecular weight is 389 g/mol. The Labute approximate surface area is 169 Å². The van der Waals surface area contributed by atoms with Crippen LogP contribution in [0.2, 0.25) is 0 Å². The highest BCUT2D eigenvalue weighted by molar-refractivity contribution is 5.91. The highest BCUT2D eigenvalue weighted by atomic mass is 16.5. The summed E-state index contributed by atoms with van der Waals surface area (Å²) in [4.78, 5) is 23.2. The van der Waals surface area contributed by atoms with E-state index in [0.29, 0.717) is 12.3 Å². The van der Waals surface area contributed by atoms with Crippen molar-refractivity contribution in [1.29, 1.82) is 0 Å². The van der Waals surface area contributed by atoms with Gasteiger partial charge in [0, 0.05) is 29.7 Å². The van der Waals surface area contributed by atoms with E-state index in [1.807, 2.05) is 78.9 Å². The van der Waals surface area contributed by atoms with Crippen molar-refractivity contribution in [2.45, 2.75) is 13.3 Å². The largest absolute Gasteiger partial charge is 0.493 e. The molecule has 0 fully saturated rings.